The van der Waals surface area contributed by atoms with E-state index in [9.17, 15) is 4.79 Å². The first-order chi connectivity index (χ1) is 9.02. The number of carbonyl (C=O) groups excluding carboxylic acids is 1. The quantitative estimate of drug-likeness (QED) is 0.889. The van der Waals surface area contributed by atoms with Crippen LogP contribution in [-0.4, -0.2) is 30.7 Å². The van der Waals surface area contributed by atoms with Crippen LogP contribution >= 0.6 is 15.9 Å². The molecular formula is C14H19BrN2O2. The monoisotopic (exact) mass is 326 g/mol. The minimum absolute atomic E-state index is 0.0240. The molecule has 1 aromatic carbocycles. The number of amides is 1. The van der Waals surface area contributed by atoms with E-state index in [1.165, 1.54) is 0 Å². The summed E-state index contributed by atoms with van der Waals surface area (Å²) in [5.41, 5.74) is 7.61. The van der Waals surface area contributed by atoms with Crippen molar-refractivity contribution >= 4 is 21.8 Å². The SMILES string of the molecule is CCOC1CC(N)C1NC(=O)c1cc(C)ccc1Br. The van der Waals surface area contributed by atoms with E-state index in [0.29, 0.717) is 12.2 Å². The molecule has 3 N–H and O–H groups in total. The fourth-order valence-electron chi connectivity index (χ4n) is 2.27. The van der Waals surface area contributed by atoms with Crippen LogP contribution in [0.5, 0.6) is 0 Å². The lowest BCUT2D eigenvalue weighted by atomic mass is 9.83. The highest BCUT2D eigenvalue weighted by Crippen LogP contribution is 2.24. The topological polar surface area (TPSA) is 64.3 Å². The zero-order valence-corrected chi connectivity index (χ0v) is 12.7. The molecule has 2 rings (SSSR count). The Labute approximate surface area is 121 Å². The van der Waals surface area contributed by atoms with Gasteiger partial charge in [-0.15, -0.1) is 0 Å². The van der Waals surface area contributed by atoms with Crippen molar-refractivity contribution in [2.45, 2.75) is 38.5 Å². The molecule has 1 aliphatic carbocycles. The Balaban J connectivity index is 2.06. The smallest absolute Gasteiger partial charge is 0.252 e. The highest BCUT2D eigenvalue weighted by Gasteiger charge is 2.40. The number of benzene rings is 1. The van der Waals surface area contributed by atoms with Crippen molar-refractivity contribution in [3.8, 4) is 0 Å². The van der Waals surface area contributed by atoms with Crippen molar-refractivity contribution in [2.75, 3.05) is 6.61 Å². The van der Waals surface area contributed by atoms with Crippen LogP contribution in [-0.2, 0) is 4.74 Å². The molecule has 1 saturated carbocycles. The van der Waals surface area contributed by atoms with Crippen LogP contribution in [0.3, 0.4) is 0 Å². The summed E-state index contributed by atoms with van der Waals surface area (Å²) < 4.78 is 6.33. The Bertz CT molecular complexity index is 477. The summed E-state index contributed by atoms with van der Waals surface area (Å²) in [6.45, 7) is 4.54. The first kappa shape index (κ1) is 14.5. The number of rotatable bonds is 4. The van der Waals surface area contributed by atoms with E-state index in [1.54, 1.807) is 0 Å². The van der Waals surface area contributed by atoms with Crippen molar-refractivity contribution in [3.05, 3.63) is 33.8 Å². The number of hydrogen-bond acceptors (Lipinski definition) is 3. The third-order valence-electron chi connectivity index (χ3n) is 3.41. The molecule has 104 valence electrons. The molecule has 0 aromatic heterocycles. The molecule has 1 amide bonds. The third kappa shape index (κ3) is 3.16. The minimum Gasteiger partial charge on any atom is -0.376 e. The van der Waals surface area contributed by atoms with Crippen molar-refractivity contribution in [2.24, 2.45) is 5.73 Å². The van der Waals surface area contributed by atoms with Gasteiger partial charge < -0.3 is 15.8 Å². The van der Waals surface area contributed by atoms with Gasteiger partial charge in [-0.2, -0.15) is 0 Å². The normalized spacial score (nSPS) is 25.8. The molecule has 0 heterocycles. The van der Waals surface area contributed by atoms with Gasteiger partial charge in [0.1, 0.15) is 0 Å². The fourth-order valence-corrected chi connectivity index (χ4v) is 2.70. The Morgan fingerprint density at radius 3 is 2.95 bits per heavy atom. The predicted molar refractivity (Wildman–Crippen MR) is 78.1 cm³/mol. The van der Waals surface area contributed by atoms with Gasteiger partial charge >= 0.3 is 0 Å². The predicted octanol–water partition coefficient (Wildman–Crippen LogP) is 1.99. The van der Waals surface area contributed by atoms with Gasteiger partial charge in [0, 0.05) is 17.1 Å². The maximum Gasteiger partial charge on any atom is 0.252 e. The van der Waals surface area contributed by atoms with Crippen LogP contribution in [0.2, 0.25) is 0 Å². The molecule has 1 fully saturated rings. The number of aryl methyl sites for hydroxylation is 1. The molecule has 0 saturated heterocycles. The van der Waals surface area contributed by atoms with E-state index in [-0.39, 0.29) is 24.1 Å². The number of halogens is 1. The second-order valence-electron chi connectivity index (χ2n) is 4.88. The zero-order valence-electron chi connectivity index (χ0n) is 11.2. The summed E-state index contributed by atoms with van der Waals surface area (Å²) in [7, 11) is 0. The molecule has 1 aliphatic rings. The maximum atomic E-state index is 12.3. The summed E-state index contributed by atoms with van der Waals surface area (Å²) in [5.74, 6) is -0.111. The third-order valence-corrected chi connectivity index (χ3v) is 4.10. The van der Waals surface area contributed by atoms with Gasteiger partial charge in [0.2, 0.25) is 0 Å². The van der Waals surface area contributed by atoms with Crippen LogP contribution in [0, 0.1) is 6.92 Å². The number of nitrogens with one attached hydrogen (secondary N) is 1. The Morgan fingerprint density at radius 2 is 2.32 bits per heavy atom. The Kier molecular flexibility index (Phi) is 4.60. The lowest BCUT2D eigenvalue weighted by Gasteiger charge is -2.42. The lowest BCUT2D eigenvalue weighted by molar-refractivity contribution is -0.0300. The molecule has 5 heteroatoms. The molecule has 0 bridgehead atoms. The number of nitrogens with two attached hydrogens (primary N) is 1. The van der Waals surface area contributed by atoms with Crippen LogP contribution < -0.4 is 11.1 Å². The number of carbonyl (C=O) groups is 1. The summed E-state index contributed by atoms with van der Waals surface area (Å²) in [4.78, 5) is 12.3. The van der Waals surface area contributed by atoms with Gasteiger partial charge in [-0.1, -0.05) is 11.6 Å². The van der Waals surface area contributed by atoms with E-state index >= 15 is 0 Å². The highest BCUT2D eigenvalue weighted by molar-refractivity contribution is 9.10. The second kappa shape index (κ2) is 6.03. The van der Waals surface area contributed by atoms with Gasteiger partial charge in [0.05, 0.1) is 17.7 Å². The summed E-state index contributed by atoms with van der Waals surface area (Å²) in [6.07, 6.45) is 0.834. The van der Waals surface area contributed by atoms with E-state index in [0.717, 1.165) is 16.5 Å². The van der Waals surface area contributed by atoms with Crippen LogP contribution in [0.15, 0.2) is 22.7 Å². The molecule has 19 heavy (non-hydrogen) atoms. The van der Waals surface area contributed by atoms with Crippen molar-refractivity contribution in [3.63, 3.8) is 0 Å². The van der Waals surface area contributed by atoms with Crippen LogP contribution in [0.4, 0.5) is 0 Å². The number of ether oxygens (including phenoxy) is 1. The largest absolute Gasteiger partial charge is 0.376 e. The molecule has 1 aromatic rings. The van der Waals surface area contributed by atoms with E-state index in [4.69, 9.17) is 10.5 Å². The molecule has 3 unspecified atom stereocenters. The van der Waals surface area contributed by atoms with Crippen LogP contribution in [0.25, 0.3) is 0 Å². The molecule has 0 aliphatic heterocycles. The molecule has 4 nitrogen and oxygen atoms in total. The summed E-state index contributed by atoms with van der Waals surface area (Å²) in [5, 5.41) is 2.97. The molecule has 0 radical (unpaired) electrons. The van der Waals surface area contributed by atoms with E-state index in [1.807, 2.05) is 32.0 Å². The number of hydrogen-bond donors (Lipinski definition) is 2. The Morgan fingerprint density at radius 1 is 1.58 bits per heavy atom. The second-order valence-corrected chi connectivity index (χ2v) is 5.73. The average Bonchev–Trinajstić information content (AvgIpc) is 2.38. The van der Waals surface area contributed by atoms with Crippen molar-refractivity contribution in [1.82, 2.24) is 5.32 Å². The highest BCUT2D eigenvalue weighted by atomic mass is 79.9. The Hall–Kier alpha value is -0.910. The van der Waals surface area contributed by atoms with E-state index < -0.39 is 0 Å². The van der Waals surface area contributed by atoms with Crippen molar-refractivity contribution < 1.29 is 9.53 Å². The van der Waals surface area contributed by atoms with Crippen molar-refractivity contribution in [1.29, 1.82) is 0 Å². The fraction of sp³-hybridized carbons (Fsp3) is 0.500. The first-order valence-corrected chi connectivity index (χ1v) is 7.26. The van der Waals surface area contributed by atoms with Gasteiger partial charge in [-0.3, -0.25) is 4.79 Å². The molecule has 3 atom stereocenters. The first-order valence-electron chi connectivity index (χ1n) is 6.47. The molecule has 0 spiro atoms. The zero-order chi connectivity index (χ0) is 14.0. The lowest BCUT2D eigenvalue weighted by Crippen LogP contribution is -2.64. The van der Waals surface area contributed by atoms with Crippen LogP contribution in [0.1, 0.15) is 29.3 Å². The molecular weight excluding hydrogens is 308 g/mol. The van der Waals surface area contributed by atoms with E-state index in [2.05, 4.69) is 21.2 Å². The maximum absolute atomic E-state index is 12.3. The minimum atomic E-state index is -0.111. The van der Waals surface area contributed by atoms with Gasteiger partial charge in [-0.25, -0.2) is 0 Å². The standard InChI is InChI=1S/C14H19BrN2O2/c1-3-19-12-7-11(16)13(12)17-14(18)9-6-8(2)4-5-10(9)15/h4-6,11-13H,3,7,16H2,1-2H3,(H,17,18). The van der Waals surface area contributed by atoms with Gasteiger partial charge in [-0.05, 0) is 48.3 Å². The summed E-state index contributed by atoms with van der Waals surface area (Å²) in [6, 6.07) is 5.58. The average molecular weight is 327 g/mol. The van der Waals surface area contributed by atoms with Gasteiger partial charge in [0.25, 0.3) is 5.91 Å². The van der Waals surface area contributed by atoms with Gasteiger partial charge in [0.15, 0.2) is 0 Å². The summed E-state index contributed by atoms with van der Waals surface area (Å²) >= 11 is 3.40.